The summed E-state index contributed by atoms with van der Waals surface area (Å²) in [5.74, 6) is 0.632. The fraction of sp³-hybridized carbons (Fsp3) is 0.125. The van der Waals surface area contributed by atoms with Gasteiger partial charge in [0.15, 0.2) is 0 Å². The Morgan fingerprint density at radius 3 is 2.23 bits per heavy atom. The molecule has 0 bridgehead atoms. The summed E-state index contributed by atoms with van der Waals surface area (Å²) >= 11 is 0. The third-order valence-corrected chi connectivity index (χ3v) is 4.78. The molecule has 26 heavy (non-hydrogen) atoms. The first kappa shape index (κ1) is 16.3. The van der Waals surface area contributed by atoms with E-state index in [2.05, 4.69) is 36.4 Å². The number of carbonyl (C=O) groups excluding carboxylic acids is 1. The third kappa shape index (κ3) is 3.45. The van der Waals surface area contributed by atoms with Crippen LogP contribution in [0.4, 0.5) is 0 Å². The molecule has 1 atom stereocenters. The van der Waals surface area contributed by atoms with Crippen LogP contribution in [0.25, 0.3) is 5.76 Å². The number of hydrogen-bond acceptors (Lipinski definition) is 2. The monoisotopic (exact) mass is 340 g/mol. The molecule has 2 nitrogen and oxygen atoms in total. The van der Waals surface area contributed by atoms with E-state index in [0.29, 0.717) is 11.3 Å². The number of benzene rings is 3. The molecule has 1 aliphatic carbocycles. The van der Waals surface area contributed by atoms with Crippen molar-refractivity contribution in [3.8, 4) is 0 Å². The molecule has 128 valence electrons. The topological polar surface area (TPSA) is 26.3 Å². The minimum absolute atomic E-state index is 0.268. The Hall–Kier alpha value is -3.13. The quantitative estimate of drug-likeness (QED) is 0.564. The summed E-state index contributed by atoms with van der Waals surface area (Å²) in [5, 5.41) is 0. The van der Waals surface area contributed by atoms with Gasteiger partial charge in [-0.15, -0.1) is 0 Å². The molecule has 0 saturated heterocycles. The second kappa shape index (κ2) is 7.40. The van der Waals surface area contributed by atoms with E-state index in [-0.39, 0.29) is 11.9 Å². The highest BCUT2D eigenvalue weighted by molar-refractivity contribution is 5.93. The molecule has 1 aliphatic rings. The highest BCUT2D eigenvalue weighted by Gasteiger charge is 2.25. The smallest absolute Gasteiger partial charge is 0.343 e. The van der Waals surface area contributed by atoms with Crippen molar-refractivity contribution in [1.82, 2.24) is 0 Å². The lowest BCUT2D eigenvalue weighted by atomic mass is 9.94. The van der Waals surface area contributed by atoms with Gasteiger partial charge in [0.25, 0.3) is 0 Å². The number of fused-ring (bicyclic) bond motifs is 1. The molecule has 3 aromatic rings. The van der Waals surface area contributed by atoms with Crippen LogP contribution in [0.5, 0.6) is 0 Å². The van der Waals surface area contributed by atoms with Crippen molar-refractivity contribution < 1.29 is 9.53 Å². The number of ether oxygens (including phenoxy) is 1. The molecule has 0 aromatic heterocycles. The maximum atomic E-state index is 12.4. The molecule has 0 fully saturated rings. The summed E-state index contributed by atoms with van der Waals surface area (Å²) in [6.07, 6.45) is 4.08. The lowest BCUT2D eigenvalue weighted by molar-refractivity contribution is 0.0692. The van der Waals surface area contributed by atoms with Crippen LogP contribution in [0, 0.1) is 0 Å². The molecule has 0 heterocycles. The van der Waals surface area contributed by atoms with Gasteiger partial charge in [-0.3, -0.25) is 0 Å². The van der Waals surface area contributed by atoms with E-state index in [1.165, 1.54) is 11.1 Å². The van der Waals surface area contributed by atoms with Gasteiger partial charge in [0.05, 0.1) is 5.56 Å². The Kier molecular flexibility index (Phi) is 4.65. The van der Waals surface area contributed by atoms with Gasteiger partial charge in [-0.25, -0.2) is 4.79 Å². The Labute approximate surface area is 153 Å². The lowest BCUT2D eigenvalue weighted by Crippen LogP contribution is -2.03. The normalized spacial score (nSPS) is 15.2. The zero-order valence-electron chi connectivity index (χ0n) is 14.5. The molecule has 3 aromatic carbocycles. The van der Waals surface area contributed by atoms with Crippen molar-refractivity contribution in [1.29, 1.82) is 0 Å². The highest BCUT2D eigenvalue weighted by atomic mass is 16.5. The Bertz CT molecular complexity index is 927. The SMILES string of the molecule is O=C(OC1=CC(CCc2ccccc2)c2ccccc21)c1ccccc1. The number of esters is 1. The van der Waals surface area contributed by atoms with E-state index in [0.717, 1.165) is 18.4 Å². The molecule has 1 unspecified atom stereocenters. The van der Waals surface area contributed by atoms with Crippen molar-refractivity contribution >= 4 is 11.7 Å². The van der Waals surface area contributed by atoms with Crippen molar-refractivity contribution in [3.63, 3.8) is 0 Å². The Morgan fingerprint density at radius 2 is 1.46 bits per heavy atom. The standard InChI is InChI=1S/C24H20O2/c25-24(19-11-5-2-6-12-19)26-23-17-20(21-13-7-8-14-22(21)23)16-15-18-9-3-1-4-10-18/h1-14,17,20H,15-16H2. The van der Waals surface area contributed by atoms with Crippen LogP contribution in [0.1, 0.15) is 39.4 Å². The number of rotatable bonds is 5. The molecule has 0 saturated carbocycles. The molecule has 4 rings (SSSR count). The minimum atomic E-state index is -0.310. The van der Waals surface area contributed by atoms with Gasteiger partial charge in [-0.1, -0.05) is 72.8 Å². The first-order chi connectivity index (χ1) is 12.8. The molecule has 0 amide bonds. The lowest BCUT2D eigenvalue weighted by Gasteiger charge is -2.10. The summed E-state index contributed by atoms with van der Waals surface area (Å²) in [5.41, 5.74) is 4.15. The van der Waals surface area contributed by atoms with Crippen LogP contribution in [-0.2, 0) is 11.2 Å². The average Bonchev–Trinajstić information content (AvgIpc) is 3.05. The Morgan fingerprint density at radius 1 is 0.808 bits per heavy atom. The first-order valence-corrected chi connectivity index (χ1v) is 8.93. The molecular weight excluding hydrogens is 320 g/mol. The Balaban J connectivity index is 1.53. The summed E-state index contributed by atoms with van der Waals surface area (Å²) < 4.78 is 5.73. The fourth-order valence-electron chi connectivity index (χ4n) is 3.43. The van der Waals surface area contributed by atoms with Crippen molar-refractivity contribution in [2.45, 2.75) is 18.8 Å². The van der Waals surface area contributed by atoms with Crippen LogP contribution >= 0.6 is 0 Å². The second-order valence-corrected chi connectivity index (χ2v) is 6.50. The van der Waals surface area contributed by atoms with Gasteiger partial charge >= 0.3 is 5.97 Å². The van der Waals surface area contributed by atoms with Crippen molar-refractivity contribution in [2.24, 2.45) is 0 Å². The third-order valence-electron chi connectivity index (χ3n) is 4.78. The summed E-state index contributed by atoms with van der Waals surface area (Å²) in [4.78, 5) is 12.4. The number of allylic oxidation sites excluding steroid dienone is 1. The van der Waals surface area contributed by atoms with E-state index >= 15 is 0 Å². The second-order valence-electron chi connectivity index (χ2n) is 6.50. The van der Waals surface area contributed by atoms with Crippen molar-refractivity contribution in [2.75, 3.05) is 0 Å². The van der Waals surface area contributed by atoms with Gasteiger partial charge in [0.2, 0.25) is 0 Å². The molecular formula is C24H20O2. The van der Waals surface area contributed by atoms with Crippen molar-refractivity contribution in [3.05, 3.63) is 113 Å². The van der Waals surface area contributed by atoms with Crippen LogP contribution in [0.2, 0.25) is 0 Å². The maximum Gasteiger partial charge on any atom is 0.343 e. The van der Waals surface area contributed by atoms with E-state index in [9.17, 15) is 4.79 Å². The van der Waals surface area contributed by atoms with Gasteiger partial charge in [-0.05, 0) is 42.2 Å². The number of aryl methyl sites for hydroxylation is 1. The summed E-state index contributed by atoms with van der Waals surface area (Å²) in [6.45, 7) is 0. The molecule has 0 aliphatic heterocycles. The van der Waals surface area contributed by atoms with E-state index in [1.807, 2.05) is 42.5 Å². The fourth-order valence-corrected chi connectivity index (χ4v) is 3.43. The molecule has 0 spiro atoms. The summed E-state index contributed by atoms with van der Waals surface area (Å²) in [6, 6.07) is 27.8. The minimum Gasteiger partial charge on any atom is -0.423 e. The maximum absolute atomic E-state index is 12.4. The summed E-state index contributed by atoms with van der Waals surface area (Å²) in [7, 11) is 0. The predicted octanol–water partition coefficient (Wildman–Crippen LogP) is 5.61. The van der Waals surface area contributed by atoms with Gasteiger partial charge in [0.1, 0.15) is 5.76 Å². The highest BCUT2D eigenvalue weighted by Crippen LogP contribution is 2.39. The predicted molar refractivity (Wildman–Crippen MR) is 104 cm³/mol. The first-order valence-electron chi connectivity index (χ1n) is 8.93. The zero-order valence-corrected chi connectivity index (χ0v) is 14.5. The number of carbonyl (C=O) groups is 1. The van der Waals surface area contributed by atoms with E-state index in [4.69, 9.17) is 4.74 Å². The van der Waals surface area contributed by atoms with Gasteiger partial charge < -0.3 is 4.74 Å². The van der Waals surface area contributed by atoms with Crippen LogP contribution in [0.3, 0.4) is 0 Å². The average molecular weight is 340 g/mol. The van der Waals surface area contributed by atoms with Crippen LogP contribution < -0.4 is 0 Å². The van der Waals surface area contributed by atoms with E-state index < -0.39 is 0 Å². The zero-order chi connectivity index (χ0) is 17.8. The van der Waals surface area contributed by atoms with Crippen LogP contribution in [0.15, 0.2) is 91.0 Å². The molecule has 0 N–H and O–H groups in total. The van der Waals surface area contributed by atoms with Crippen LogP contribution in [-0.4, -0.2) is 5.97 Å². The molecule has 2 heteroatoms. The van der Waals surface area contributed by atoms with Gasteiger partial charge in [-0.2, -0.15) is 0 Å². The van der Waals surface area contributed by atoms with Gasteiger partial charge in [0, 0.05) is 11.5 Å². The number of hydrogen-bond donors (Lipinski definition) is 0. The largest absolute Gasteiger partial charge is 0.423 e. The van der Waals surface area contributed by atoms with E-state index in [1.54, 1.807) is 12.1 Å². The molecule has 0 radical (unpaired) electrons.